The molecule has 1 atom stereocenters. The van der Waals surface area contributed by atoms with Crippen molar-refractivity contribution in [2.24, 2.45) is 5.92 Å². The molecule has 1 aliphatic heterocycles. The van der Waals surface area contributed by atoms with Crippen LogP contribution in [0.1, 0.15) is 66.6 Å². The number of pyridine rings is 1. The third-order valence-electron chi connectivity index (χ3n) is 6.23. The van der Waals surface area contributed by atoms with Crippen molar-refractivity contribution >= 4 is 16.9 Å². The monoisotopic (exact) mass is 392 g/mol. The van der Waals surface area contributed by atoms with E-state index in [0.717, 1.165) is 66.9 Å². The lowest BCUT2D eigenvalue weighted by Crippen LogP contribution is -2.30. The molecule has 2 aliphatic rings. The zero-order valence-electron chi connectivity index (χ0n) is 17.2. The summed E-state index contributed by atoms with van der Waals surface area (Å²) in [5, 5.41) is 7.49. The number of aromatic amines is 1. The number of nitrogens with one attached hydrogen (secondary N) is 1. The minimum Gasteiger partial charge on any atom is -0.336 e. The molecule has 3 aromatic heterocycles. The third-order valence-corrected chi connectivity index (χ3v) is 6.23. The molecule has 0 bridgehead atoms. The summed E-state index contributed by atoms with van der Waals surface area (Å²) in [7, 11) is 0. The number of hydrogen-bond donors (Lipinski definition) is 1. The number of likely N-dealkylation sites (tertiary alicyclic amines) is 1. The molecule has 0 aromatic carbocycles. The summed E-state index contributed by atoms with van der Waals surface area (Å²) in [5.41, 5.74) is 5.01. The van der Waals surface area contributed by atoms with E-state index in [1.165, 1.54) is 6.42 Å². The zero-order valence-corrected chi connectivity index (χ0v) is 17.2. The normalized spacial score (nSPS) is 19.3. The first-order valence-electron chi connectivity index (χ1n) is 10.8. The lowest BCUT2D eigenvalue weighted by atomic mass is 9.95. The number of H-pyrrole nitrogens is 1. The van der Waals surface area contributed by atoms with Crippen molar-refractivity contribution in [1.29, 1.82) is 0 Å². The Kier molecular flexibility index (Phi) is 4.60. The lowest BCUT2D eigenvalue weighted by molar-refractivity contribution is 0.0783. The quantitative estimate of drug-likeness (QED) is 0.739. The van der Waals surface area contributed by atoms with Crippen LogP contribution in [0.4, 0.5) is 0 Å². The number of aromatic nitrogens is 5. The molecule has 1 saturated heterocycles. The molecule has 0 saturated carbocycles. The van der Waals surface area contributed by atoms with Gasteiger partial charge in [-0.1, -0.05) is 13.8 Å². The highest BCUT2D eigenvalue weighted by molar-refractivity contribution is 5.94. The van der Waals surface area contributed by atoms with E-state index in [1.54, 1.807) is 6.20 Å². The van der Waals surface area contributed by atoms with E-state index in [4.69, 9.17) is 4.98 Å². The summed E-state index contributed by atoms with van der Waals surface area (Å²) < 4.78 is 2.31. The van der Waals surface area contributed by atoms with Gasteiger partial charge in [0, 0.05) is 43.0 Å². The van der Waals surface area contributed by atoms with E-state index >= 15 is 0 Å². The summed E-state index contributed by atoms with van der Waals surface area (Å²) in [4.78, 5) is 24.4. The van der Waals surface area contributed by atoms with Crippen LogP contribution in [0.25, 0.3) is 11.0 Å². The Balaban J connectivity index is 1.41. The van der Waals surface area contributed by atoms with Gasteiger partial charge in [-0.3, -0.25) is 14.9 Å². The van der Waals surface area contributed by atoms with Crippen LogP contribution >= 0.6 is 0 Å². The van der Waals surface area contributed by atoms with Crippen LogP contribution in [0, 0.1) is 5.92 Å². The number of carbonyl (C=O) groups excluding carboxylic acids is 1. The minimum atomic E-state index is 0.0695. The number of hydrogen-bond acceptors (Lipinski definition) is 4. The number of rotatable bonds is 4. The van der Waals surface area contributed by atoms with Crippen LogP contribution in [0.3, 0.4) is 0 Å². The molecule has 1 N–H and O–H groups in total. The van der Waals surface area contributed by atoms with Crippen LogP contribution in [0.15, 0.2) is 18.5 Å². The highest BCUT2D eigenvalue weighted by Crippen LogP contribution is 2.31. The molecule has 1 amide bonds. The molecule has 0 unspecified atom stereocenters. The van der Waals surface area contributed by atoms with Gasteiger partial charge in [0.25, 0.3) is 5.91 Å². The summed E-state index contributed by atoms with van der Waals surface area (Å²) in [6, 6.07) is 1.98. The van der Waals surface area contributed by atoms with E-state index in [0.29, 0.717) is 18.2 Å². The first kappa shape index (κ1) is 18.3. The molecule has 29 heavy (non-hydrogen) atoms. The van der Waals surface area contributed by atoms with Crippen molar-refractivity contribution < 1.29 is 4.79 Å². The van der Waals surface area contributed by atoms with E-state index in [-0.39, 0.29) is 11.8 Å². The van der Waals surface area contributed by atoms with Gasteiger partial charge >= 0.3 is 0 Å². The third kappa shape index (κ3) is 3.22. The fraction of sp³-hybridized carbons (Fsp3) is 0.545. The molecule has 3 aromatic rings. The van der Waals surface area contributed by atoms with Gasteiger partial charge in [-0.05, 0) is 44.1 Å². The SMILES string of the molecule is CC(C)Cn1c([C@@H]2CCN(C(=O)c3n[nH]c4c3CCCC4)C2)nc2ccncc21. The summed E-state index contributed by atoms with van der Waals surface area (Å²) in [6.45, 7) is 6.81. The van der Waals surface area contributed by atoms with Crippen molar-refractivity contribution in [3.63, 3.8) is 0 Å². The molecule has 0 radical (unpaired) electrons. The maximum atomic E-state index is 13.2. The number of fused-ring (bicyclic) bond motifs is 2. The van der Waals surface area contributed by atoms with Gasteiger partial charge in [-0.2, -0.15) is 5.10 Å². The summed E-state index contributed by atoms with van der Waals surface area (Å²) in [5.74, 6) is 1.92. The van der Waals surface area contributed by atoms with Crippen molar-refractivity contribution in [2.45, 2.75) is 58.4 Å². The van der Waals surface area contributed by atoms with E-state index in [1.807, 2.05) is 17.2 Å². The second-order valence-corrected chi connectivity index (χ2v) is 8.81. The van der Waals surface area contributed by atoms with Crippen LogP contribution in [-0.2, 0) is 19.4 Å². The fourth-order valence-corrected chi connectivity index (χ4v) is 4.82. The van der Waals surface area contributed by atoms with Gasteiger partial charge < -0.3 is 9.47 Å². The smallest absolute Gasteiger partial charge is 0.274 e. The maximum Gasteiger partial charge on any atom is 0.274 e. The molecular weight excluding hydrogens is 364 g/mol. The minimum absolute atomic E-state index is 0.0695. The molecule has 152 valence electrons. The molecule has 1 fully saturated rings. The predicted molar refractivity (Wildman–Crippen MR) is 111 cm³/mol. The van der Waals surface area contributed by atoms with Gasteiger partial charge in [0.1, 0.15) is 5.82 Å². The van der Waals surface area contributed by atoms with E-state index < -0.39 is 0 Å². The van der Waals surface area contributed by atoms with Gasteiger partial charge in [-0.25, -0.2) is 4.98 Å². The Morgan fingerprint density at radius 3 is 3.03 bits per heavy atom. The molecular formula is C22H28N6O. The Morgan fingerprint density at radius 2 is 2.17 bits per heavy atom. The van der Waals surface area contributed by atoms with Crippen molar-refractivity contribution in [1.82, 2.24) is 29.6 Å². The van der Waals surface area contributed by atoms with Crippen LogP contribution in [0.5, 0.6) is 0 Å². The van der Waals surface area contributed by atoms with Crippen LogP contribution < -0.4 is 0 Å². The molecule has 7 nitrogen and oxygen atoms in total. The highest BCUT2D eigenvalue weighted by atomic mass is 16.2. The second-order valence-electron chi connectivity index (χ2n) is 8.81. The predicted octanol–water partition coefficient (Wildman–Crippen LogP) is 3.32. The van der Waals surface area contributed by atoms with E-state index in [9.17, 15) is 4.79 Å². The standard InChI is InChI=1S/C22H28N6O/c1-14(2)12-28-19-11-23-9-7-18(19)24-21(28)15-8-10-27(13-15)22(29)20-16-5-3-4-6-17(16)25-26-20/h7,9,11,14-15H,3-6,8,10,12-13H2,1-2H3,(H,25,26)/t15-/m1/s1. The van der Waals surface area contributed by atoms with Gasteiger partial charge in [0.15, 0.2) is 5.69 Å². The first-order chi connectivity index (χ1) is 14.1. The van der Waals surface area contributed by atoms with Crippen molar-refractivity contribution in [3.05, 3.63) is 41.2 Å². The number of amides is 1. The van der Waals surface area contributed by atoms with Gasteiger partial charge in [0.2, 0.25) is 0 Å². The fourth-order valence-electron chi connectivity index (χ4n) is 4.82. The Morgan fingerprint density at radius 1 is 1.31 bits per heavy atom. The summed E-state index contributed by atoms with van der Waals surface area (Å²) in [6.07, 6.45) is 8.92. The second kappa shape index (κ2) is 7.28. The Bertz CT molecular complexity index is 1050. The number of nitrogens with zero attached hydrogens (tertiary/aromatic N) is 5. The largest absolute Gasteiger partial charge is 0.336 e. The number of imidazole rings is 1. The Hall–Kier alpha value is -2.70. The first-order valence-corrected chi connectivity index (χ1v) is 10.8. The highest BCUT2D eigenvalue weighted by Gasteiger charge is 2.34. The molecule has 7 heteroatoms. The topological polar surface area (TPSA) is 79.7 Å². The average Bonchev–Trinajstić information content (AvgIpc) is 3.44. The zero-order chi connectivity index (χ0) is 20.0. The van der Waals surface area contributed by atoms with Crippen molar-refractivity contribution in [3.8, 4) is 0 Å². The van der Waals surface area contributed by atoms with Gasteiger partial charge in [-0.15, -0.1) is 0 Å². The van der Waals surface area contributed by atoms with Crippen LogP contribution in [-0.4, -0.2) is 48.6 Å². The number of carbonyl (C=O) groups is 1. The Labute approximate surface area is 170 Å². The average molecular weight is 393 g/mol. The molecule has 0 spiro atoms. The van der Waals surface area contributed by atoms with E-state index in [2.05, 4.69) is 33.6 Å². The molecule has 4 heterocycles. The lowest BCUT2D eigenvalue weighted by Gasteiger charge is -2.18. The number of aryl methyl sites for hydroxylation is 1. The van der Waals surface area contributed by atoms with Crippen molar-refractivity contribution in [2.75, 3.05) is 13.1 Å². The summed E-state index contributed by atoms with van der Waals surface area (Å²) >= 11 is 0. The van der Waals surface area contributed by atoms with Gasteiger partial charge in [0.05, 0.1) is 17.2 Å². The molecule has 1 aliphatic carbocycles. The molecule has 5 rings (SSSR count). The maximum absolute atomic E-state index is 13.2. The van der Waals surface area contributed by atoms with Crippen LogP contribution in [0.2, 0.25) is 0 Å².